The lowest BCUT2D eigenvalue weighted by Crippen LogP contribution is -2.37. The number of hydrogen-bond acceptors (Lipinski definition) is 3. The monoisotopic (exact) mass is 433 g/mol. The number of methoxy groups -OCH3 is 2. The van der Waals surface area contributed by atoms with E-state index in [0.717, 1.165) is 36.0 Å². The SMILES string of the molecule is COc1cc2c(cc1OC)[C@H](c1cccc(Cl)c1)N(C/C(C)=C/c1ccccc1)CC2. The lowest BCUT2D eigenvalue weighted by Gasteiger charge is -2.38. The van der Waals surface area contributed by atoms with Gasteiger partial charge in [-0.15, -0.1) is 0 Å². The first-order valence-electron chi connectivity index (χ1n) is 10.6. The molecule has 0 bridgehead atoms. The third kappa shape index (κ3) is 4.79. The molecule has 160 valence electrons. The smallest absolute Gasteiger partial charge is 0.161 e. The van der Waals surface area contributed by atoms with E-state index in [0.29, 0.717) is 0 Å². The zero-order valence-corrected chi connectivity index (χ0v) is 19.0. The highest BCUT2D eigenvalue weighted by molar-refractivity contribution is 6.30. The first-order valence-corrected chi connectivity index (χ1v) is 10.9. The molecule has 1 aliphatic rings. The number of fused-ring (bicyclic) bond motifs is 1. The number of hydrogen-bond donors (Lipinski definition) is 0. The van der Waals surface area contributed by atoms with Gasteiger partial charge in [0.25, 0.3) is 0 Å². The number of rotatable bonds is 6. The van der Waals surface area contributed by atoms with Crippen LogP contribution in [0.1, 0.15) is 35.2 Å². The predicted molar refractivity (Wildman–Crippen MR) is 128 cm³/mol. The van der Waals surface area contributed by atoms with Crippen LogP contribution in [0.2, 0.25) is 5.02 Å². The van der Waals surface area contributed by atoms with Crippen LogP contribution in [0.4, 0.5) is 0 Å². The number of halogens is 1. The van der Waals surface area contributed by atoms with E-state index < -0.39 is 0 Å². The fourth-order valence-electron chi connectivity index (χ4n) is 4.43. The van der Waals surface area contributed by atoms with Crippen molar-refractivity contribution in [3.63, 3.8) is 0 Å². The third-order valence-electron chi connectivity index (χ3n) is 5.80. The molecule has 4 rings (SSSR count). The van der Waals surface area contributed by atoms with E-state index in [-0.39, 0.29) is 6.04 Å². The Bertz CT molecular complexity index is 1080. The average Bonchev–Trinajstić information content (AvgIpc) is 2.78. The molecule has 3 nitrogen and oxygen atoms in total. The first kappa shape index (κ1) is 21.5. The summed E-state index contributed by atoms with van der Waals surface area (Å²) in [4.78, 5) is 2.52. The summed E-state index contributed by atoms with van der Waals surface area (Å²) in [6.07, 6.45) is 3.23. The summed E-state index contributed by atoms with van der Waals surface area (Å²) in [5.74, 6) is 1.53. The van der Waals surface area contributed by atoms with Gasteiger partial charge in [-0.2, -0.15) is 0 Å². The Hall–Kier alpha value is -2.75. The van der Waals surface area contributed by atoms with Crippen LogP contribution < -0.4 is 9.47 Å². The molecule has 0 amide bonds. The van der Waals surface area contributed by atoms with Gasteiger partial charge in [0.15, 0.2) is 11.5 Å². The third-order valence-corrected chi connectivity index (χ3v) is 6.04. The van der Waals surface area contributed by atoms with E-state index >= 15 is 0 Å². The molecule has 4 heteroatoms. The van der Waals surface area contributed by atoms with Gasteiger partial charge in [-0.05, 0) is 59.9 Å². The quantitative estimate of drug-likeness (QED) is 0.448. The van der Waals surface area contributed by atoms with Gasteiger partial charge in [-0.3, -0.25) is 4.90 Å². The molecule has 0 radical (unpaired) electrons. The molecular weight excluding hydrogens is 406 g/mol. The molecule has 31 heavy (non-hydrogen) atoms. The Morgan fingerprint density at radius 3 is 2.45 bits per heavy atom. The number of nitrogens with zero attached hydrogens (tertiary/aromatic N) is 1. The highest BCUT2D eigenvalue weighted by Gasteiger charge is 2.30. The van der Waals surface area contributed by atoms with Crippen molar-refractivity contribution in [2.75, 3.05) is 27.3 Å². The molecular formula is C27H28ClNO2. The Kier molecular flexibility index (Phi) is 6.64. The van der Waals surface area contributed by atoms with Gasteiger partial charge >= 0.3 is 0 Å². The number of ether oxygens (including phenoxy) is 2. The van der Waals surface area contributed by atoms with E-state index in [1.54, 1.807) is 14.2 Å². The van der Waals surface area contributed by atoms with E-state index in [9.17, 15) is 0 Å². The summed E-state index contributed by atoms with van der Waals surface area (Å²) in [7, 11) is 3.37. The maximum absolute atomic E-state index is 6.38. The van der Waals surface area contributed by atoms with Gasteiger partial charge in [-0.1, -0.05) is 65.7 Å². The molecule has 0 spiro atoms. The Labute approximate surface area is 189 Å². The van der Waals surface area contributed by atoms with Gasteiger partial charge in [-0.25, -0.2) is 0 Å². The van der Waals surface area contributed by atoms with Crippen molar-refractivity contribution in [3.8, 4) is 11.5 Å². The molecule has 1 atom stereocenters. The van der Waals surface area contributed by atoms with Crippen LogP contribution in [0.5, 0.6) is 11.5 Å². The molecule has 0 saturated heterocycles. The molecule has 1 aliphatic heterocycles. The van der Waals surface area contributed by atoms with Gasteiger partial charge in [0, 0.05) is 18.1 Å². The fraction of sp³-hybridized carbons (Fsp3) is 0.259. The van der Waals surface area contributed by atoms with Crippen LogP contribution in [0.25, 0.3) is 6.08 Å². The van der Waals surface area contributed by atoms with Crippen LogP contribution in [-0.2, 0) is 6.42 Å². The topological polar surface area (TPSA) is 21.7 Å². The van der Waals surface area contributed by atoms with Gasteiger partial charge in [0.2, 0.25) is 0 Å². The molecule has 0 aliphatic carbocycles. The highest BCUT2D eigenvalue weighted by Crippen LogP contribution is 2.41. The summed E-state index contributed by atoms with van der Waals surface area (Å²) >= 11 is 6.38. The van der Waals surface area contributed by atoms with Crippen LogP contribution in [0.3, 0.4) is 0 Å². The molecule has 0 unspecified atom stereocenters. The zero-order chi connectivity index (χ0) is 21.8. The summed E-state index contributed by atoms with van der Waals surface area (Å²) in [6, 6.07) is 23.0. The van der Waals surface area contributed by atoms with E-state index in [1.165, 1.54) is 27.8 Å². The van der Waals surface area contributed by atoms with Gasteiger partial charge < -0.3 is 9.47 Å². The van der Waals surface area contributed by atoms with Crippen LogP contribution in [0, 0.1) is 0 Å². The second-order valence-electron chi connectivity index (χ2n) is 7.99. The van der Waals surface area contributed by atoms with Crippen LogP contribution in [0.15, 0.2) is 72.3 Å². The first-order chi connectivity index (χ1) is 15.1. The second-order valence-corrected chi connectivity index (χ2v) is 8.42. The maximum atomic E-state index is 6.38. The van der Waals surface area contributed by atoms with Crippen molar-refractivity contribution < 1.29 is 9.47 Å². The largest absolute Gasteiger partial charge is 0.493 e. The average molecular weight is 434 g/mol. The molecule has 0 N–H and O–H groups in total. The molecule has 1 heterocycles. The Balaban J connectivity index is 1.74. The van der Waals surface area contributed by atoms with Gasteiger partial charge in [0.1, 0.15) is 0 Å². The molecule has 0 fully saturated rings. The Morgan fingerprint density at radius 1 is 1.00 bits per heavy atom. The summed E-state index contributed by atoms with van der Waals surface area (Å²) in [6.45, 7) is 4.03. The predicted octanol–water partition coefficient (Wildman–Crippen LogP) is 6.41. The zero-order valence-electron chi connectivity index (χ0n) is 18.3. The summed E-state index contributed by atoms with van der Waals surface area (Å²) in [5, 5.41) is 0.751. The minimum atomic E-state index is 0.0985. The lowest BCUT2D eigenvalue weighted by molar-refractivity contribution is 0.231. The minimum absolute atomic E-state index is 0.0985. The van der Waals surface area contributed by atoms with Crippen molar-refractivity contribution in [1.29, 1.82) is 0 Å². The van der Waals surface area contributed by atoms with Crippen molar-refractivity contribution in [1.82, 2.24) is 4.90 Å². The van der Waals surface area contributed by atoms with Crippen molar-refractivity contribution in [2.24, 2.45) is 0 Å². The summed E-state index contributed by atoms with van der Waals surface area (Å²) < 4.78 is 11.2. The highest BCUT2D eigenvalue weighted by atomic mass is 35.5. The fourth-order valence-corrected chi connectivity index (χ4v) is 4.63. The standard InChI is InChI=1S/C27H28ClNO2/c1-19(14-20-8-5-4-6-9-20)18-29-13-12-21-16-25(30-2)26(31-3)17-24(21)27(29)22-10-7-11-23(28)15-22/h4-11,14-17,27H,12-13,18H2,1-3H3/b19-14+/t27-/m0/s1. The van der Waals surface area contributed by atoms with E-state index in [4.69, 9.17) is 21.1 Å². The van der Waals surface area contributed by atoms with Crippen LogP contribution in [-0.4, -0.2) is 32.2 Å². The molecule has 3 aromatic rings. The van der Waals surface area contributed by atoms with Crippen LogP contribution >= 0.6 is 11.6 Å². The second kappa shape index (κ2) is 9.59. The maximum Gasteiger partial charge on any atom is 0.161 e. The lowest BCUT2D eigenvalue weighted by atomic mass is 9.87. The van der Waals surface area contributed by atoms with Crippen molar-refractivity contribution in [3.05, 3.63) is 99.6 Å². The van der Waals surface area contributed by atoms with Gasteiger partial charge in [0.05, 0.1) is 20.3 Å². The van der Waals surface area contributed by atoms with E-state index in [2.05, 4.69) is 66.4 Å². The number of benzene rings is 3. The van der Waals surface area contributed by atoms with Crippen molar-refractivity contribution in [2.45, 2.75) is 19.4 Å². The minimum Gasteiger partial charge on any atom is -0.493 e. The molecule has 3 aromatic carbocycles. The Morgan fingerprint density at radius 2 is 1.74 bits per heavy atom. The van der Waals surface area contributed by atoms with E-state index in [1.807, 2.05) is 18.2 Å². The molecule has 0 saturated carbocycles. The summed E-state index contributed by atoms with van der Waals surface area (Å²) in [5.41, 5.74) is 6.28. The molecule has 0 aromatic heterocycles. The van der Waals surface area contributed by atoms with Crippen molar-refractivity contribution >= 4 is 17.7 Å². The normalized spacial score (nSPS) is 16.6.